The van der Waals surface area contributed by atoms with E-state index >= 15 is 0 Å². The Hall–Kier alpha value is -0.170. The van der Waals surface area contributed by atoms with Gasteiger partial charge in [-0.25, -0.2) is 13.1 Å². The predicted molar refractivity (Wildman–Crippen MR) is 61.4 cm³/mol. The standard InChI is InChI=1S/C9H22N2O3S/c1-4-5-10-6-7-15(12,13)11-9(2)8-14-3/h9-11H,4-8H2,1-3H3. The lowest BCUT2D eigenvalue weighted by Crippen LogP contribution is -2.39. The van der Waals surface area contributed by atoms with Gasteiger partial charge in [-0.15, -0.1) is 0 Å². The largest absolute Gasteiger partial charge is 0.383 e. The second-order valence-corrected chi connectivity index (χ2v) is 5.42. The average Bonchev–Trinajstić information content (AvgIpc) is 2.12. The number of sulfonamides is 1. The van der Waals surface area contributed by atoms with Crippen molar-refractivity contribution in [2.24, 2.45) is 0 Å². The molecule has 0 aliphatic rings. The first kappa shape index (κ1) is 14.8. The molecule has 1 unspecified atom stereocenters. The van der Waals surface area contributed by atoms with Crippen LogP contribution in [0.2, 0.25) is 0 Å². The third-order valence-corrected chi connectivity index (χ3v) is 3.27. The van der Waals surface area contributed by atoms with E-state index in [1.165, 1.54) is 0 Å². The second kappa shape index (κ2) is 8.04. The third kappa shape index (κ3) is 8.80. The molecule has 0 aliphatic heterocycles. The van der Waals surface area contributed by atoms with Crippen molar-refractivity contribution in [3.63, 3.8) is 0 Å². The Morgan fingerprint density at radius 3 is 2.53 bits per heavy atom. The molecular formula is C9H22N2O3S. The molecule has 0 radical (unpaired) electrons. The van der Waals surface area contributed by atoms with Gasteiger partial charge in [0.15, 0.2) is 0 Å². The summed E-state index contributed by atoms with van der Waals surface area (Å²) < 4.78 is 30.3. The van der Waals surface area contributed by atoms with Gasteiger partial charge in [-0.3, -0.25) is 0 Å². The van der Waals surface area contributed by atoms with Crippen LogP contribution in [0.25, 0.3) is 0 Å². The minimum Gasteiger partial charge on any atom is -0.383 e. The van der Waals surface area contributed by atoms with Gasteiger partial charge in [-0.2, -0.15) is 0 Å². The molecule has 0 heterocycles. The molecule has 0 amide bonds. The van der Waals surface area contributed by atoms with Crippen molar-refractivity contribution in [3.05, 3.63) is 0 Å². The van der Waals surface area contributed by atoms with E-state index in [0.717, 1.165) is 13.0 Å². The van der Waals surface area contributed by atoms with E-state index in [-0.39, 0.29) is 11.8 Å². The molecule has 0 spiro atoms. The molecular weight excluding hydrogens is 216 g/mol. The van der Waals surface area contributed by atoms with Crippen molar-refractivity contribution >= 4 is 10.0 Å². The number of hydrogen-bond donors (Lipinski definition) is 2. The summed E-state index contributed by atoms with van der Waals surface area (Å²) in [5.41, 5.74) is 0. The number of hydrogen-bond acceptors (Lipinski definition) is 4. The lowest BCUT2D eigenvalue weighted by atomic mass is 10.4. The molecule has 15 heavy (non-hydrogen) atoms. The van der Waals surface area contributed by atoms with Crippen molar-refractivity contribution in [3.8, 4) is 0 Å². The molecule has 0 aromatic carbocycles. The summed E-state index contributed by atoms with van der Waals surface area (Å²) in [5.74, 6) is 0.112. The fourth-order valence-electron chi connectivity index (χ4n) is 1.16. The van der Waals surface area contributed by atoms with Crippen LogP contribution in [0.15, 0.2) is 0 Å². The highest BCUT2D eigenvalue weighted by atomic mass is 32.2. The first-order valence-corrected chi connectivity index (χ1v) is 6.86. The molecule has 0 saturated carbocycles. The maximum atomic E-state index is 11.5. The van der Waals surface area contributed by atoms with Crippen LogP contribution in [-0.4, -0.2) is 47.0 Å². The van der Waals surface area contributed by atoms with E-state index in [2.05, 4.69) is 10.0 Å². The van der Waals surface area contributed by atoms with Gasteiger partial charge in [0.2, 0.25) is 10.0 Å². The topological polar surface area (TPSA) is 67.4 Å². The zero-order valence-corrected chi connectivity index (χ0v) is 10.6. The first-order valence-electron chi connectivity index (χ1n) is 5.21. The average molecular weight is 238 g/mol. The van der Waals surface area contributed by atoms with E-state index in [1.807, 2.05) is 6.92 Å². The minimum atomic E-state index is -3.18. The molecule has 0 rings (SSSR count). The van der Waals surface area contributed by atoms with Crippen LogP contribution in [0.3, 0.4) is 0 Å². The molecule has 5 nitrogen and oxygen atoms in total. The molecule has 0 saturated heterocycles. The lowest BCUT2D eigenvalue weighted by Gasteiger charge is -2.13. The molecule has 0 aromatic heterocycles. The van der Waals surface area contributed by atoms with Crippen molar-refractivity contribution in [2.45, 2.75) is 26.3 Å². The number of nitrogens with one attached hydrogen (secondary N) is 2. The first-order chi connectivity index (χ1) is 7.02. The van der Waals surface area contributed by atoms with Crippen LogP contribution in [0.4, 0.5) is 0 Å². The molecule has 0 aromatic rings. The van der Waals surface area contributed by atoms with Gasteiger partial charge in [-0.1, -0.05) is 6.92 Å². The second-order valence-electron chi connectivity index (χ2n) is 3.54. The van der Waals surface area contributed by atoms with Crippen molar-refractivity contribution in [2.75, 3.05) is 32.6 Å². The third-order valence-electron chi connectivity index (χ3n) is 1.77. The molecule has 92 valence electrons. The monoisotopic (exact) mass is 238 g/mol. The lowest BCUT2D eigenvalue weighted by molar-refractivity contribution is 0.180. The quantitative estimate of drug-likeness (QED) is 0.552. The number of rotatable bonds is 9. The normalized spacial score (nSPS) is 14.1. The van der Waals surface area contributed by atoms with Gasteiger partial charge in [0.1, 0.15) is 0 Å². The minimum absolute atomic E-state index is 0.112. The Morgan fingerprint density at radius 2 is 2.00 bits per heavy atom. The van der Waals surface area contributed by atoms with E-state index in [1.54, 1.807) is 14.0 Å². The smallest absolute Gasteiger partial charge is 0.213 e. The molecule has 2 N–H and O–H groups in total. The Balaban J connectivity index is 3.76. The Morgan fingerprint density at radius 1 is 1.33 bits per heavy atom. The summed E-state index contributed by atoms with van der Waals surface area (Å²) in [4.78, 5) is 0. The number of methoxy groups -OCH3 is 1. The predicted octanol–water partition coefficient (Wildman–Crippen LogP) is -0.0597. The highest BCUT2D eigenvalue weighted by Gasteiger charge is 2.13. The maximum absolute atomic E-state index is 11.5. The highest BCUT2D eigenvalue weighted by Crippen LogP contribution is 1.89. The van der Waals surface area contributed by atoms with E-state index in [9.17, 15) is 8.42 Å². The SMILES string of the molecule is CCCNCCS(=O)(=O)NC(C)COC. The van der Waals surface area contributed by atoms with E-state index < -0.39 is 10.0 Å². The van der Waals surface area contributed by atoms with Gasteiger partial charge < -0.3 is 10.1 Å². The fraction of sp³-hybridized carbons (Fsp3) is 1.00. The van der Waals surface area contributed by atoms with Gasteiger partial charge in [0.05, 0.1) is 12.4 Å². The number of ether oxygens (including phenoxy) is 1. The Kier molecular flexibility index (Phi) is 7.95. The summed E-state index contributed by atoms with van der Waals surface area (Å²) in [6.45, 7) is 5.55. The summed E-state index contributed by atoms with van der Waals surface area (Å²) in [6, 6.07) is -0.175. The van der Waals surface area contributed by atoms with Crippen LogP contribution in [0.1, 0.15) is 20.3 Å². The van der Waals surface area contributed by atoms with Crippen LogP contribution in [0.5, 0.6) is 0 Å². The molecule has 6 heteroatoms. The van der Waals surface area contributed by atoms with Crippen molar-refractivity contribution in [1.29, 1.82) is 0 Å². The van der Waals surface area contributed by atoms with Crippen LogP contribution >= 0.6 is 0 Å². The van der Waals surface area contributed by atoms with Crippen molar-refractivity contribution in [1.82, 2.24) is 10.0 Å². The van der Waals surface area contributed by atoms with Gasteiger partial charge in [-0.05, 0) is 19.9 Å². The molecule has 1 atom stereocenters. The Bertz CT molecular complexity index is 242. The molecule has 0 fully saturated rings. The van der Waals surface area contributed by atoms with Gasteiger partial charge in [0.25, 0.3) is 0 Å². The van der Waals surface area contributed by atoms with Crippen LogP contribution in [0, 0.1) is 0 Å². The van der Waals surface area contributed by atoms with Crippen LogP contribution in [-0.2, 0) is 14.8 Å². The Labute approximate surface area is 92.6 Å². The van der Waals surface area contributed by atoms with Crippen molar-refractivity contribution < 1.29 is 13.2 Å². The fourth-order valence-corrected chi connectivity index (χ4v) is 2.37. The molecule has 0 bridgehead atoms. The van der Waals surface area contributed by atoms with Gasteiger partial charge >= 0.3 is 0 Å². The highest BCUT2D eigenvalue weighted by molar-refractivity contribution is 7.89. The maximum Gasteiger partial charge on any atom is 0.213 e. The van der Waals surface area contributed by atoms with Gasteiger partial charge in [0, 0.05) is 19.7 Å². The van der Waals surface area contributed by atoms with Crippen LogP contribution < -0.4 is 10.0 Å². The summed E-state index contributed by atoms with van der Waals surface area (Å²) in [7, 11) is -1.63. The van der Waals surface area contributed by atoms with E-state index in [4.69, 9.17) is 4.74 Å². The summed E-state index contributed by atoms with van der Waals surface area (Å²) in [6.07, 6.45) is 1.01. The molecule has 0 aliphatic carbocycles. The zero-order valence-electron chi connectivity index (χ0n) is 9.75. The summed E-state index contributed by atoms with van der Waals surface area (Å²) >= 11 is 0. The summed E-state index contributed by atoms with van der Waals surface area (Å²) in [5, 5.41) is 3.05. The van der Waals surface area contributed by atoms with E-state index in [0.29, 0.717) is 13.2 Å². The zero-order chi connectivity index (χ0) is 11.7.